The maximum absolute atomic E-state index is 14.9. The Morgan fingerprint density at radius 2 is 0.656 bits per heavy atom. The first-order valence-corrected chi connectivity index (χ1v) is 37.6. The Bertz CT molecular complexity index is 4740. The normalized spacial score (nSPS) is 13.5. The second-order valence-electron chi connectivity index (χ2n) is 25.8. The minimum Gasteiger partial charge on any atom is -0.504 e. The molecule has 14 nitrogen and oxygen atoms in total. The maximum Gasteiger partial charge on any atom is 0.454 e. The van der Waals surface area contributed by atoms with E-state index >= 15 is 0 Å². The van der Waals surface area contributed by atoms with Crippen LogP contribution < -0.4 is 14.8 Å². The number of alkyl halides is 24. The van der Waals surface area contributed by atoms with E-state index in [2.05, 4.69) is 18.2 Å². The Balaban J connectivity index is 0. The average Bonchev–Trinajstić information content (AvgIpc) is 0.756. The van der Waals surface area contributed by atoms with Crippen LogP contribution in [0.4, 0.5) is 105 Å². The molecule has 128 heavy (non-hydrogen) atoms. The predicted octanol–water partition coefficient (Wildman–Crippen LogP) is 25.4. The minimum atomic E-state index is -5.42. The van der Waals surface area contributed by atoms with Crippen molar-refractivity contribution < 1.29 is 371 Å². The third-order valence-corrected chi connectivity index (χ3v) is 21.2. The van der Waals surface area contributed by atoms with Crippen LogP contribution in [-0.2, 0) is 23.7 Å². The van der Waals surface area contributed by atoms with E-state index in [-0.39, 0.29) is 198 Å². The molecule has 2 fully saturated rings. The molecule has 0 aliphatic heterocycles. The molecule has 10 rings (SSSR count). The molecule has 8 aromatic rings. The number of para-hydroxylation sites is 2. The standard InChI is InChI=1S/C24H31O2P.C15H14O2.2C13H10O.4C5H2F6O2.4Eu/c25-27(21-14-6-2-7-15-21,22-16-8-3-9-17-22)24-19-11-10-18-23(24)26-20-12-4-1-5-13-20;1-11-6-5-9-14(17-2)15(11)13-8-4-3-7-12(13)10-16;14-10-11-5-4-8-13(9-11)12-6-2-1-3-7-12;14-10-11-6-8-13(9-7-11)12-4-2-1-3-5-12;4*6-4(7,8)2(12)1-3(13)5(9,10)11;;;;/h1,4-5,10-13,18-19,21-22H,2-3,6-9,14-17H2;3-10H,1-2H3;2*1-10H;4*1,12H;;;;. The summed E-state index contributed by atoms with van der Waals surface area (Å²) in [6.45, 7) is 2.01. The number of hydrogen-bond acceptors (Lipinski definition) is 14. The van der Waals surface area contributed by atoms with Crippen LogP contribution in [0.15, 0.2) is 254 Å². The SMILES string of the molecule is COc1cccc(C)c1-c1ccccc1C=O.O=C(C=C(O)C(F)(F)F)C(F)(F)F.O=C(C=C(O)C(F)(F)F)C(F)(F)F.O=C(C=C(O)C(F)(F)F)C(F)(F)F.O=C(C=C(O)C(F)(F)F)C(F)(F)F.O=Cc1ccc(-c2ccccc2)cc1.O=Cc1cccc(-c2ccccc2)c1.O=P(c1ccccc1Oc1ccccc1)(C1CCCCC1)C1CCCCC1.[Eu].[Eu].[Eu].[Eu]. The van der Waals surface area contributed by atoms with Gasteiger partial charge >= 0.3 is 49.4 Å². The van der Waals surface area contributed by atoms with Crippen LogP contribution in [0.2, 0.25) is 0 Å². The minimum absolute atomic E-state index is 0. The molecule has 0 aromatic heterocycles. The van der Waals surface area contributed by atoms with Gasteiger partial charge in [-0.05, 0) is 102 Å². The zero-order chi connectivity index (χ0) is 93.8. The van der Waals surface area contributed by atoms with E-state index in [1.54, 1.807) is 13.2 Å². The van der Waals surface area contributed by atoms with Gasteiger partial charge in [0.2, 0.25) is 23.0 Å². The smallest absolute Gasteiger partial charge is 0.454 e. The van der Waals surface area contributed by atoms with E-state index in [1.165, 1.54) is 44.1 Å². The summed E-state index contributed by atoms with van der Waals surface area (Å²) in [5.41, 5.74) is 10.3. The van der Waals surface area contributed by atoms with Crippen LogP contribution in [-0.4, -0.2) is 130 Å². The molecule has 43 heteroatoms. The topological polar surface area (TPSA) is 236 Å². The molecule has 2 aliphatic rings. The van der Waals surface area contributed by atoms with Gasteiger partial charge < -0.3 is 34.5 Å². The number of carbonyl (C=O) groups excluding carboxylic acids is 7. The molecule has 0 atom stereocenters. The number of hydrogen-bond donors (Lipinski definition) is 4. The number of benzene rings is 8. The second kappa shape index (κ2) is 58.3. The summed E-state index contributed by atoms with van der Waals surface area (Å²) in [5, 5.41) is 32.7. The molecule has 2 aliphatic carbocycles. The molecule has 0 unspecified atom stereocenters. The number of aliphatic hydroxyl groups is 4. The molecule has 4 radical (unpaired) electrons. The molecule has 2 saturated carbocycles. The van der Waals surface area contributed by atoms with Gasteiger partial charge in [-0.15, -0.1) is 0 Å². The predicted molar refractivity (Wildman–Crippen MR) is 408 cm³/mol. The number of carbonyl (C=O) groups is 7. The van der Waals surface area contributed by atoms with Crippen molar-refractivity contribution >= 4 is 54.4 Å². The fourth-order valence-electron chi connectivity index (χ4n) is 11.0. The molecule has 4 N–H and O–H groups in total. The van der Waals surface area contributed by atoms with Gasteiger partial charge in [0, 0.05) is 255 Å². The van der Waals surface area contributed by atoms with Crippen molar-refractivity contribution in [2.45, 2.75) is 132 Å². The molecule has 698 valence electrons. The quantitative estimate of drug-likeness (QED) is 0.0232. The molecule has 0 bridgehead atoms. The molecular weight excluding hydrogens is 2340 g/mol. The van der Waals surface area contributed by atoms with Gasteiger partial charge in [-0.2, -0.15) is 105 Å². The number of allylic oxidation sites excluding steroid dienone is 8. The largest absolute Gasteiger partial charge is 0.504 e. The first-order chi connectivity index (χ1) is 57.5. The van der Waals surface area contributed by atoms with E-state index in [9.17, 15) is 143 Å². The Morgan fingerprint density at radius 3 is 1.01 bits per heavy atom. The summed E-state index contributed by atoms with van der Waals surface area (Å²) >= 11 is 0. The first kappa shape index (κ1) is 124. The number of aryl methyl sites for hydroxylation is 1. The Morgan fingerprint density at radius 1 is 0.344 bits per heavy atom. The van der Waals surface area contributed by atoms with Crippen LogP contribution in [0, 0.1) is 204 Å². The van der Waals surface area contributed by atoms with E-state index in [4.69, 9.17) is 29.9 Å². The monoisotopic (exact) mass is 2420 g/mol. The van der Waals surface area contributed by atoms with Crippen molar-refractivity contribution in [3.8, 4) is 50.6 Å². The number of halogens is 24. The summed E-state index contributed by atoms with van der Waals surface area (Å²) < 4.78 is 299. The first-order valence-electron chi connectivity index (χ1n) is 35.7. The fourth-order valence-corrected chi connectivity index (χ4v) is 15.4. The number of aldehydes is 3. The second-order valence-corrected chi connectivity index (χ2v) is 29.2. The Labute approximate surface area is 879 Å². The third kappa shape index (κ3) is 44.3. The maximum atomic E-state index is 14.9. The van der Waals surface area contributed by atoms with E-state index in [0.29, 0.717) is 28.0 Å². The molecule has 0 saturated heterocycles. The Hall–Kier alpha value is -5.90. The van der Waals surface area contributed by atoms with Crippen LogP contribution in [0.1, 0.15) is 101 Å². The van der Waals surface area contributed by atoms with Crippen molar-refractivity contribution in [1.82, 2.24) is 0 Å². The van der Waals surface area contributed by atoms with Gasteiger partial charge in [0.05, 0.1) is 12.4 Å². The fraction of sp³-hybridized carbons (Fsp3) is 0.259. The summed E-state index contributed by atoms with van der Waals surface area (Å²) in [7, 11) is -0.881. The summed E-state index contributed by atoms with van der Waals surface area (Å²) in [6, 6.07) is 66.8. The number of ether oxygens (including phenoxy) is 2. The van der Waals surface area contributed by atoms with Crippen molar-refractivity contribution in [2.24, 2.45) is 0 Å². The van der Waals surface area contributed by atoms with Gasteiger partial charge in [-0.1, -0.05) is 208 Å². The third-order valence-electron chi connectivity index (χ3n) is 16.9. The van der Waals surface area contributed by atoms with Crippen LogP contribution in [0.5, 0.6) is 17.2 Å². The zero-order valence-corrected chi connectivity index (χ0v) is 76.4. The van der Waals surface area contributed by atoms with Gasteiger partial charge in [0.15, 0.2) is 6.29 Å². The zero-order valence-electron chi connectivity index (χ0n) is 65.8. The number of ketones is 4. The van der Waals surface area contributed by atoms with Crippen LogP contribution >= 0.6 is 7.14 Å². The van der Waals surface area contributed by atoms with Gasteiger partial charge in [-0.25, -0.2) is 0 Å². The van der Waals surface area contributed by atoms with Gasteiger partial charge in [-0.3, -0.25) is 33.6 Å². The molecule has 0 amide bonds. The van der Waals surface area contributed by atoms with E-state index < -0.39 is 127 Å². The van der Waals surface area contributed by atoms with Gasteiger partial charge in [0.1, 0.15) is 37.0 Å². The molecule has 8 aromatic carbocycles. The Kier molecular flexibility index (Phi) is 56.5. The summed E-state index contributed by atoms with van der Waals surface area (Å²) in [6.07, 6.45) is -32.2. The summed E-state index contributed by atoms with van der Waals surface area (Å²) in [4.78, 5) is 71.6. The van der Waals surface area contributed by atoms with Crippen molar-refractivity contribution in [3.63, 3.8) is 0 Å². The number of rotatable bonds is 16. The van der Waals surface area contributed by atoms with Crippen molar-refractivity contribution in [1.29, 1.82) is 0 Å². The van der Waals surface area contributed by atoms with E-state index in [1.807, 2.05) is 189 Å². The molecular formula is C85H73Eu4F24O14P. The number of aliphatic hydroxyl groups excluding tert-OH is 4. The summed E-state index contributed by atoms with van der Waals surface area (Å²) in [5.74, 6) is -18.9. The van der Waals surface area contributed by atoms with Gasteiger partial charge in [0.25, 0.3) is 23.1 Å². The average molecular weight is 2410 g/mol. The van der Waals surface area contributed by atoms with Crippen LogP contribution in [0.25, 0.3) is 33.4 Å². The van der Waals surface area contributed by atoms with Crippen molar-refractivity contribution in [3.05, 3.63) is 276 Å². The van der Waals surface area contributed by atoms with Crippen LogP contribution in [0.3, 0.4) is 0 Å². The molecule has 0 heterocycles. The van der Waals surface area contributed by atoms with Crippen molar-refractivity contribution in [2.75, 3.05) is 7.11 Å². The van der Waals surface area contributed by atoms with E-state index in [0.717, 1.165) is 100 Å². The molecule has 0 spiro atoms. The number of methoxy groups -OCH3 is 1.